The number of hydrogen-bond donors (Lipinski definition) is 3. The van der Waals surface area contributed by atoms with Crippen molar-refractivity contribution in [2.45, 2.75) is 38.3 Å². The molecule has 0 radical (unpaired) electrons. The first-order valence-corrected chi connectivity index (χ1v) is 9.21. The highest BCUT2D eigenvalue weighted by atomic mass is 32.2. The van der Waals surface area contributed by atoms with Crippen molar-refractivity contribution in [2.75, 3.05) is 6.26 Å². The molecule has 1 aromatic rings. The Morgan fingerprint density at radius 3 is 2.48 bits per heavy atom. The van der Waals surface area contributed by atoms with Gasteiger partial charge in [0.1, 0.15) is 5.76 Å². The van der Waals surface area contributed by atoms with Crippen molar-refractivity contribution < 1.29 is 27.5 Å². The van der Waals surface area contributed by atoms with E-state index in [1.165, 1.54) is 12.1 Å². The third-order valence-corrected chi connectivity index (χ3v) is 4.47. The van der Waals surface area contributed by atoms with Crippen molar-refractivity contribution in [1.82, 2.24) is 10.0 Å². The van der Waals surface area contributed by atoms with Crippen LogP contribution < -0.4 is 10.0 Å². The number of rotatable bonds is 6. The van der Waals surface area contributed by atoms with Crippen molar-refractivity contribution in [3.8, 4) is 0 Å². The summed E-state index contributed by atoms with van der Waals surface area (Å²) in [7, 11) is -3.33. The molecular formula is C14H20N2O6S. The van der Waals surface area contributed by atoms with E-state index in [1.54, 1.807) is 0 Å². The molecule has 23 heavy (non-hydrogen) atoms. The zero-order valence-corrected chi connectivity index (χ0v) is 13.6. The molecule has 0 saturated heterocycles. The van der Waals surface area contributed by atoms with Gasteiger partial charge in [0, 0.05) is 6.04 Å². The van der Waals surface area contributed by atoms with Gasteiger partial charge in [-0.25, -0.2) is 13.1 Å². The molecule has 0 unspecified atom stereocenters. The molecule has 0 spiro atoms. The van der Waals surface area contributed by atoms with E-state index in [0.717, 1.165) is 6.26 Å². The fraction of sp³-hybridized carbons (Fsp3) is 0.571. The molecule has 9 heteroatoms. The lowest BCUT2D eigenvalue weighted by Crippen LogP contribution is -2.38. The van der Waals surface area contributed by atoms with Crippen molar-refractivity contribution >= 4 is 21.9 Å². The molecule has 1 amide bonds. The van der Waals surface area contributed by atoms with Crippen molar-refractivity contribution in [1.29, 1.82) is 0 Å². The summed E-state index contributed by atoms with van der Waals surface area (Å²) < 4.78 is 29.6. The fourth-order valence-electron chi connectivity index (χ4n) is 2.54. The van der Waals surface area contributed by atoms with Gasteiger partial charge in [0.25, 0.3) is 5.91 Å². The average molecular weight is 344 g/mol. The van der Waals surface area contributed by atoms with Crippen LogP contribution in [0, 0.1) is 5.92 Å². The highest BCUT2D eigenvalue weighted by Crippen LogP contribution is 2.24. The number of hydrogen-bond acceptors (Lipinski definition) is 5. The first-order valence-electron chi connectivity index (χ1n) is 7.31. The Morgan fingerprint density at radius 2 is 1.91 bits per heavy atom. The topological polar surface area (TPSA) is 126 Å². The predicted octanol–water partition coefficient (Wildman–Crippen LogP) is 0.702. The van der Waals surface area contributed by atoms with Gasteiger partial charge < -0.3 is 14.8 Å². The normalized spacial score (nSPS) is 21.8. The molecule has 1 aromatic heterocycles. The minimum atomic E-state index is -3.33. The van der Waals surface area contributed by atoms with E-state index < -0.39 is 16.0 Å². The molecule has 0 bridgehead atoms. The minimum Gasteiger partial charge on any atom is -0.481 e. The quantitative estimate of drug-likeness (QED) is 0.697. The Balaban J connectivity index is 1.85. The molecule has 0 atom stereocenters. The Kier molecular flexibility index (Phi) is 5.42. The Morgan fingerprint density at radius 1 is 1.26 bits per heavy atom. The van der Waals surface area contributed by atoms with Crippen LogP contribution in [0.5, 0.6) is 0 Å². The SMILES string of the molecule is CS(=O)(=O)NCc1ccc(C(=O)NC2CCC(C(=O)O)CC2)o1. The number of carboxylic acid groups (broad SMARTS) is 1. The molecule has 1 fully saturated rings. The zero-order chi connectivity index (χ0) is 17.0. The largest absolute Gasteiger partial charge is 0.481 e. The fourth-order valence-corrected chi connectivity index (χ4v) is 2.94. The molecule has 1 aliphatic rings. The monoisotopic (exact) mass is 344 g/mol. The summed E-state index contributed by atoms with van der Waals surface area (Å²) in [6.45, 7) is -0.0180. The minimum absolute atomic E-state index is 0.0180. The second-order valence-corrected chi connectivity index (χ2v) is 7.55. The zero-order valence-electron chi connectivity index (χ0n) is 12.7. The summed E-state index contributed by atoms with van der Waals surface area (Å²) in [6.07, 6.45) is 3.36. The molecule has 3 N–H and O–H groups in total. The molecule has 1 saturated carbocycles. The lowest BCUT2D eigenvalue weighted by molar-refractivity contribution is -0.142. The van der Waals surface area contributed by atoms with Crippen LogP contribution in [0.2, 0.25) is 0 Å². The van der Waals surface area contributed by atoms with E-state index in [-0.39, 0.29) is 30.2 Å². The summed E-state index contributed by atoms with van der Waals surface area (Å²) in [6, 6.07) is 2.95. The first-order chi connectivity index (χ1) is 10.7. The van der Waals surface area contributed by atoms with Crippen LogP contribution in [0.4, 0.5) is 0 Å². The lowest BCUT2D eigenvalue weighted by atomic mass is 9.86. The number of carbonyl (C=O) groups excluding carboxylic acids is 1. The Bertz CT molecular complexity index is 673. The molecule has 0 aromatic carbocycles. The summed E-state index contributed by atoms with van der Waals surface area (Å²) in [5.74, 6) is -1.05. The molecular weight excluding hydrogens is 324 g/mol. The molecule has 0 aliphatic heterocycles. The number of nitrogens with one attached hydrogen (secondary N) is 2. The van der Waals surface area contributed by atoms with Crippen LogP contribution in [0.1, 0.15) is 42.0 Å². The Hall–Kier alpha value is -1.87. The number of furan rings is 1. The van der Waals surface area contributed by atoms with Gasteiger partial charge in [-0.2, -0.15) is 0 Å². The first kappa shape index (κ1) is 17.5. The molecule has 1 aliphatic carbocycles. The second-order valence-electron chi connectivity index (χ2n) is 5.72. The van der Waals surface area contributed by atoms with E-state index in [9.17, 15) is 18.0 Å². The van der Waals surface area contributed by atoms with E-state index in [0.29, 0.717) is 31.4 Å². The summed E-state index contributed by atoms with van der Waals surface area (Å²) in [5.41, 5.74) is 0. The summed E-state index contributed by atoms with van der Waals surface area (Å²) in [5, 5.41) is 11.8. The van der Waals surface area contributed by atoms with Gasteiger partial charge in [-0.3, -0.25) is 9.59 Å². The summed E-state index contributed by atoms with van der Waals surface area (Å²) >= 11 is 0. The van der Waals surface area contributed by atoms with Crippen molar-refractivity contribution in [3.05, 3.63) is 23.7 Å². The van der Waals surface area contributed by atoms with Crippen molar-refractivity contribution in [3.63, 3.8) is 0 Å². The van der Waals surface area contributed by atoms with Gasteiger partial charge in [0.15, 0.2) is 5.76 Å². The maximum Gasteiger partial charge on any atom is 0.306 e. The number of sulfonamides is 1. The van der Waals surface area contributed by atoms with E-state index in [1.807, 2.05) is 0 Å². The summed E-state index contributed by atoms with van der Waals surface area (Å²) in [4.78, 5) is 23.0. The smallest absolute Gasteiger partial charge is 0.306 e. The van der Waals surface area contributed by atoms with Gasteiger partial charge in [0.05, 0.1) is 18.7 Å². The lowest BCUT2D eigenvalue weighted by Gasteiger charge is -2.26. The van der Waals surface area contributed by atoms with E-state index in [2.05, 4.69) is 10.0 Å². The highest BCUT2D eigenvalue weighted by Gasteiger charge is 2.27. The second kappa shape index (κ2) is 7.14. The van der Waals surface area contributed by atoms with Gasteiger partial charge >= 0.3 is 5.97 Å². The molecule has 128 valence electrons. The van der Waals surface area contributed by atoms with E-state index >= 15 is 0 Å². The van der Waals surface area contributed by atoms with Crippen LogP contribution in [0.25, 0.3) is 0 Å². The molecule has 8 nitrogen and oxygen atoms in total. The van der Waals surface area contributed by atoms with Crippen LogP contribution in [-0.2, 0) is 21.4 Å². The predicted molar refractivity (Wildman–Crippen MR) is 81.2 cm³/mol. The standard InChI is InChI=1S/C14H20N2O6S/c1-23(20,21)15-8-11-6-7-12(22-11)13(17)16-10-4-2-9(3-5-10)14(18)19/h6-7,9-10,15H,2-5,8H2,1H3,(H,16,17)(H,18,19). The maximum atomic E-state index is 12.1. The number of carbonyl (C=O) groups is 2. The van der Waals surface area contributed by atoms with Gasteiger partial charge in [-0.15, -0.1) is 0 Å². The maximum absolute atomic E-state index is 12.1. The highest BCUT2D eigenvalue weighted by molar-refractivity contribution is 7.88. The van der Waals surface area contributed by atoms with Gasteiger partial charge in [-0.05, 0) is 37.8 Å². The average Bonchev–Trinajstić information content (AvgIpc) is 2.94. The van der Waals surface area contributed by atoms with Crippen molar-refractivity contribution in [2.24, 2.45) is 5.92 Å². The van der Waals surface area contributed by atoms with Gasteiger partial charge in [-0.1, -0.05) is 0 Å². The molecule has 1 heterocycles. The van der Waals surface area contributed by atoms with Crippen LogP contribution in [-0.4, -0.2) is 37.7 Å². The number of amides is 1. The number of carboxylic acids is 1. The number of aliphatic carboxylic acids is 1. The Labute approximate surface area is 134 Å². The van der Waals surface area contributed by atoms with Gasteiger partial charge in [0.2, 0.25) is 10.0 Å². The van der Waals surface area contributed by atoms with Crippen LogP contribution >= 0.6 is 0 Å². The van der Waals surface area contributed by atoms with Crippen LogP contribution in [0.3, 0.4) is 0 Å². The third kappa shape index (κ3) is 5.36. The molecule has 2 rings (SSSR count). The van der Waals surface area contributed by atoms with E-state index in [4.69, 9.17) is 9.52 Å². The third-order valence-electron chi connectivity index (χ3n) is 3.81. The van der Waals surface area contributed by atoms with Crippen LogP contribution in [0.15, 0.2) is 16.5 Å².